The number of hydrogen-bond donors (Lipinski definition) is 0. The molecule has 4 nitrogen and oxygen atoms in total. The van der Waals surface area contributed by atoms with Gasteiger partial charge in [0.25, 0.3) is 0 Å². The minimum Gasteiger partial charge on any atom is -0.444 e. The molecule has 0 spiro atoms. The van der Waals surface area contributed by atoms with E-state index in [2.05, 4.69) is 6.58 Å². The number of piperidine rings is 1. The molecule has 1 atom stereocenters. The number of ketones is 1. The van der Waals surface area contributed by atoms with Gasteiger partial charge in [0.2, 0.25) is 0 Å². The van der Waals surface area contributed by atoms with Crippen LogP contribution in [0.5, 0.6) is 0 Å². The fraction of sp³-hybridized carbons (Fsp3) is 0.667. The molecule has 1 aliphatic rings. The lowest BCUT2D eigenvalue weighted by Gasteiger charge is -2.34. The molecule has 0 aliphatic carbocycles. The first-order chi connectivity index (χ1) is 7.33. The second-order valence-electron chi connectivity index (χ2n) is 4.97. The molecule has 0 aromatic heterocycles. The maximum atomic E-state index is 11.8. The van der Waals surface area contributed by atoms with E-state index in [9.17, 15) is 9.59 Å². The highest BCUT2D eigenvalue weighted by atomic mass is 16.6. The van der Waals surface area contributed by atoms with E-state index in [-0.39, 0.29) is 17.9 Å². The lowest BCUT2D eigenvalue weighted by Crippen LogP contribution is -2.47. The topological polar surface area (TPSA) is 46.6 Å². The van der Waals surface area contributed by atoms with Gasteiger partial charge in [0, 0.05) is 19.4 Å². The fourth-order valence-electron chi connectivity index (χ4n) is 1.61. The van der Waals surface area contributed by atoms with Crippen LogP contribution in [-0.2, 0) is 9.53 Å². The van der Waals surface area contributed by atoms with Gasteiger partial charge >= 0.3 is 6.09 Å². The third-order valence-electron chi connectivity index (χ3n) is 2.37. The van der Waals surface area contributed by atoms with Crippen LogP contribution in [0.1, 0.15) is 33.6 Å². The van der Waals surface area contributed by atoms with Gasteiger partial charge < -0.3 is 9.64 Å². The Morgan fingerprint density at radius 3 is 2.69 bits per heavy atom. The number of Topliss-reactive ketones (excluding diaryl/α,β-unsaturated/α-hetero) is 1. The summed E-state index contributed by atoms with van der Waals surface area (Å²) in [6.45, 7) is 9.53. The molecule has 90 valence electrons. The molecule has 1 saturated heterocycles. The van der Waals surface area contributed by atoms with Gasteiger partial charge in [-0.1, -0.05) is 6.08 Å². The van der Waals surface area contributed by atoms with Gasteiger partial charge in [-0.25, -0.2) is 4.79 Å². The summed E-state index contributed by atoms with van der Waals surface area (Å²) in [5, 5.41) is 0. The highest BCUT2D eigenvalue weighted by Crippen LogP contribution is 2.19. The summed E-state index contributed by atoms with van der Waals surface area (Å²) >= 11 is 0. The summed E-state index contributed by atoms with van der Waals surface area (Å²) in [7, 11) is 0. The molecule has 1 fully saturated rings. The van der Waals surface area contributed by atoms with E-state index < -0.39 is 5.60 Å². The third-order valence-corrected chi connectivity index (χ3v) is 2.37. The molecule has 1 rings (SSSR count). The Hall–Kier alpha value is -1.32. The molecule has 1 amide bonds. The molecule has 0 radical (unpaired) electrons. The largest absolute Gasteiger partial charge is 0.444 e. The molecule has 4 heteroatoms. The Balaban J connectivity index is 2.67. The molecule has 1 unspecified atom stereocenters. The molecule has 0 bridgehead atoms. The van der Waals surface area contributed by atoms with E-state index in [1.165, 1.54) is 0 Å². The number of nitrogens with zero attached hydrogens (tertiary/aromatic N) is 1. The fourth-order valence-corrected chi connectivity index (χ4v) is 1.61. The zero-order valence-corrected chi connectivity index (χ0v) is 10.2. The number of rotatable bonds is 1. The van der Waals surface area contributed by atoms with Crippen molar-refractivity contribution in [2.45, 2.75) is 45.3 Å². The van der Waals surface area contributed by atoms with Crippen LogP contribution in [0.4, 0.5) is 4.79 Å². The number of carbonyl (C=O) groups excluding carboxylic acids is 2. The Bertz CT molecular complexity index is 304. The van der Waals surface area contributed by atoms with Crippen molar-refractivity contribution in [2.75, 3.05) is 6.54 Å². The van der Waals surface area contributed by atoms with Crippen molar-refractivity contribution in [3.05, 3.63) is 12.7 Å². The van der Waals surface area contributed by atoms with E-state index >= 15 is 0 Å². The molecule has 0 saturated carbocycles. The SMILES string of the molecule is C=CC1CC(=O)CCN1C(=O)OC(C)(C)C. The van der Waals surface area contributed by atoms with Crippen LogP contribution in [-0.4, -0.2) is 35.0 Å². The van der Waals surface area contributed by atoms with E-state index in [0.717, 1.165) is 0 Å². The quantitative estimate of drug-likeness (QED) is 0.642. The summed E-state index contributed by atoms with van der Waals surface area (Å²) in [6.07, 6.45) is 2.01. The van der Waals surface area contributed by atoms with Gasteiger partial charge in [0.1, 0.15) is 11.4 Å². The first-order valence-electron chi connectivity index (χ1n) is 5.47. The molecule has 0 aromatic carbocycles. The van der Waals surface area contributed by atoms with Gasteiger partial charge in [-0.15, -0.1) is 6.58 Å². The van der Waals surface area contributed by atoms with Crippen molar-refractivity contribution in [3.8, 4) is 0 Å². The number of likely N-dealkylation sites (tertiary alicyclic amines) is 1. The maximum absolute atomic E-state index is 11.8. The Morgan fingerprint density at radius 2 is 2.19 bits per heavy atom. The predicted molar refractivity (Wildman–Crippen MR) is 61.2 cm³/mol. The van der Waals surface area contributed by atoms with Gasteiger partial charge in [-0.05, 0) is 20.8 Å². The number of carbonyl (C=O) groups is 2. The van der Waals surface area contributed by atoms with Crippen LogP contribution in [0.3, 0.4) is 0 Å². The Kier molecular flexibility index (Phi) is 3.73. The van der Waals surface area contributed by atoms with Gasteiger partial charge in [0.15, 0.2) is 0 Å². The number of hydrogen-bond acceptors (Lipinski definition) is 3. The van der Waals surface area contributed by atoms with Gasteiger partial charge in [-0.2, -0.15) is 0 Å². The molecule has 1 aliphatic heterocycles. The highest BCUT2D eigenvalue weighted by molar-refractivity contribution is 5.82. The number of amides is 1. The third kappa shape index (κ3) is 3.36. The summed E-state index contributed by atoms with van der Waals surface area (Å²) in [5.41, 5.74) is -0.510. The Morgan fingerprint density at radius 1 is 1.56 bits per heavy atom. The van der Waals surface area contributed by atoms with E-state index in [1.807, 2.05) is 20.8 Å². The van der Waals surface area contributed by atoms with Crippen molar-refractivity contribution in [1.29, 1.82) is 0 Å². The van der Waals surface area contributed by atoms with Crippen LogP contribution in [0.15, 0.2) is 12.7 Å². The van der Waals surface area contributed by atoms with E-state index in [1.54, 1.807) is 11.0 Å². The van der Waals surface area contributed by atoms with E-state index in [4.69, 9.17) is 4.74 Å². The second kappa shape index (κ2) is 4.68. The first kappa shape index (κ1) is 12.7. The second-order valence-corrected chi connectivity index (χ2v) is 4.97. The van der Waals surface area contributed by atoms with Crippen LogP contribution in [0.25, 0.3) is 0 Å². The standard InChI is InChI=1S/C12H19NO3/c1-5-9-8-10(14)6-7-13(9)11(15)16-12(2,3)4/h5,9H,1,6-8H2,2-4H3. The van der Waals surface area contributed by atoms with E-state index in [0.29, 0.717) is 19.4 Å². The van der Waals surface area contributed by atoms with Gasteiger partial charge in [0.05, 0.1) is 6.04 Å². The van der Waals surface area contributed by atoms with Crippen LogP contribution in [0.2, 0.25) is 0 Å². The summed E-state index contributed by atoms with van der Waals surface area (Å²) in [4.78, 5) is 24.7. The van der Waals surface area contributed by atoms with Crippen molar-refractivity contribution >= 4 is 11.9 Å². The first-order valence-corrected chi connectivity index (χ1v) is 5.47. The number of ether oxygens (including phenoxy) is 1. The minimum absolute atomic E-state index is 0.171. The van der Waals surface area contributed by atoms with Crippen LogP contribution >= 0.6 is 0 Å². The molecule has 16 heavy (non-hydrogen) atoms. The van der Waals surface area contributed by atoms with Crippen molar-refractivity contribution in [3.63, 3.8) is 0 Å². The normalized spacial score (nSPS) is 21.8. The zero-order chi connectivity index (χ0) is 12.3. The molecule has 0 aromatic rings. The highest BCUT2D eigenvalue weighted by Gasteiger charge is 2.31. The van der Waals surface area contributed by atoms with Crippen LogP contribution < -0.4 is 0 Å². The van der Waals surface area contributed by atoms with Gasteiger partial charge in [-0.3, -0.25) is 4.79 Å². The lowest BCUT2D eigenvalue weighted by molar-refractivity contribution is -0.122. The average Bonchev–Trinajstić information content (AvgIpc) is 2.14. The smallest absolute Gasteiger partial charge is 0.410 e. The molecular formula is C12H19NO3. The molecule has 0 N–H and O–H groups in total. The minimum atomic E-state index is -0.510. The summed E-state index contributed by atoms with van der Waals surface area (Å²) in [6, 6.07) is -0.226. The summed E-state index contributed by atoms with van der Waals surface area (Å²) in [5.74, 6) is 0.171. The molecular weight excluding hydrogens is 206 g/mol. The van der Waals surface area contributed by atoms with Crippen LogP contribution in [0, 0.1) is 0 Å². The van der Waals surface area contributed by atoms with Crippen molar-refractivity contribution in [2.24, 2.45) is 0 Å². The van der Waals surface area contributed by atoms with Crippen molar-refractivity contribution < 1.29 is 14.3 Å². The zero-order valence-electron chi connectivity index (χ0n) is 10.2. The summed E-state index contributed by atoms with van der Waals surface area (Å²) < 4.78 is 5.27. The Labute approximate surface area is 96.3 Å². The average molecular weight is 225 g/mol. The predicted octanol–water partition coefficient (Wildman–Crippen LogP) is 2.14. The van der Waals surface area contributed by atoms with Crippen molar-refractivity contribution in [1.82, 2.24) is 4.90 Å². The molecule has 1 heterocycles. The monoisotopic (exact) mass is 225 g/mol. The maximum Gasteiger partial charge on any atom is 0.410 e. The lowest BCUT2D eigenvalue weighted by atomic mass is 10.0.